The Hall–Kier alpha value is -2.37. The lowest BCUT2D eigenvalue weighted by Crippen LogP contribution is -1.98. The first-order valence-corrected chi connectivity index (χ1v) is 4.85. The number of methoxy groups -OCH3 is 3. The zero-order valence-electron chi connectivity index (χ0n) is 10.3. The lowest BCUT2D eigenvalue weighted by Gasteiger charge is -1.96. The Morgan fingerprint density at radius 1 is 0.667 bits per heavy atom. The highest BCUT2D eigenvalue weighted by Crippen LogP contribution is 2.01. The van der Waals surface area contributed by atoms with E-state index in [-0.39, 0.29) is 5.57 Å². The van der Waals surface area contributed by atoms with Gasteiger partial charge in [-0.15, -0.1) is 0 Å². The first-order chi connectivity index (χ1) is 8.53. The van der Waals surface area contributed by atoms with Gasteiger partial charge in [0.15, 0.2) is 0 Å². The van der Waals surface area contributed by atoms with Crippen LogP contribution in [-0.4, -0.2) is 39.2 Å². The highest BCUT2D eigenvalue weighted by atomic mass is 16.5. The van der Waals surface area contributed by atoms with Gasteiger partial charge in [-0.05, 0) is 17.7 Å². The summed E-state index contributed by atoms with van der Waals surface area (Å²) in [4.78, 5) is 32.8. The van der Waals surface area contributed by atoms with Crippen molar-refractivity contribution in [3.63, 3.8) is 0 Å². The smallest absolute Gasteiger partial charge is 0.331 e. The average molecular weight is 254 g/mol. The van der Waals surface area contributed by atoms with Crippen LogP contribution >= 0.6 is 0 Å². The Labute approximate surface area is 105 Å². The van der Waals surface area contributed by atoms with Crippen molar-refractivity contribution in [1.29, 1.82) is 0 Å². The van der Waals surface area contributed by atoms with E-state index in [1.165, 1.54) is 33.5 Å². The van der Waals surface area contributed by atoms with Gasteiger partial charge < -0.3 is 14.2 Å². The number of hydrogen-bond donors (Lipinski definition) is 0. The van der Waals surface area contributed by atoms with Gasteiger partial charge in [0.1, 0.15) is 0 Å². The van der Waals surface area contributed by atoms with Gasteiger partial charge in [0.05, 0.1) is 21.3 Å². The van der Waals surface area contributed by atoms with Gasteiger partial charge in [0.25, 0.3) is 0 Å². The van der Waals surface area contributed by atoms with Crippen molar-refractivity contribution >= 4 is 17.9 Å². The summed E-state index contributed by atoms with van der Waals surface area (Å²) < 4.78 is 13.2. The fourth-order valence-corrected chi connectivity index (χ4v) is 0.811. The first-order valence-electron chi connectivity index (χ1n) is 4.85. The molecule has 0 unspecified atom stereocenters. The summed E-state index contributed by atoms with van der Waals surface area (Å²) in [6, 6.07) is 0. The molecule has 0 rings (SSSR count). The summed E-state index contributed by atoms with van der Waals surface area (Å²) in [5.74, 6) is -1.79. The molecule has 0 aromatic heterocycles. The molecule has 6 heteroatoms. The minimum atomic E-state index is -0.617. The van der Waals surface area contributed by atoms with Gasteiger partial charge in [0, 0.05) is 18.2 Å². The van der Waals surface area contributed by atoms with Crippen LogP contribution in [-0.2, 0) is 28.6 Å². The molecule has 0 heterocycles. The van der Waals surface area contributed by atoms with Crippen LogP contribution in [0.1, 0.15) is 0 Å². The van der Waals surface area contributed by atoms with Crippen molar-refractivity contribution < 1.29 is 28.6 Å². The minimum absolute atomic E-state index is 0.289. The maximum atomic E-state index is 11.1. The molecule has 0 aromatic carbocycles. The molecule has 0 spiro atoms. The number of ether oxygens (including phenoxy) is 3. The van der Waals surface area contributed by atoms with Crippen molar-refractivity contribution in [2.75, 3.05) is 21.3 Å². The Morgan fingerprint density at radius 3 is 1.39 bits per heavy atom. The van der Waals surface area contributed by atoms with E-state index in [0.29, 0.717) is 0 Å². The maximum Gasteiger partial charge on any atom is 0.331 e. The monoisotopic (exact) mass is 254 g/mol. The van der Waals surface area contributed by atoms with E-state index in [9.17, 15) is 14.4 Å². The lowest BCUT2D eigenvalue weighted by molar-refractivity contribution is -0.135. The number of hydrogen-bond acceptors (Lipinski definition) is 6. The molecule has 0 aliphatic carbocycles. The van der Waals surface area contributed by atoms with Crippen LogP contribution in [0.2, 0.25) is 0 Å². The van der Waals surface area contributed by atoms with Gasteiger partial charge in [-0.1, -0.05) is 0 Å². The number of rotatable bonds is 5. The molecule has 18 heavy (non-hydrogen) atoms. The molecule has 0 aliphatic heterocycles. The number of carbonyl (C=O) groups excluding carboxylic acids is 3. The van der Waals surface area contributed by atoms with Gasteiger partial charge in [-0.25, -0.2) is 14.4 Å². The van der Waals surface area contributed by atoms with E-state index < -0.39 is 17.9 Å². The molecule has 0 N–H and O–H groups in total. The molecule has 0 saturated carbocycles. The molecular formula is C12H14O6. The second-order valence-electron chi connectivity index (χ2n) is 2.88. The predicted molar refractivity (Wildman–Crippen MR) is 62.4 cm³/mol. The third-order valence-electron chi connectivity index (χ3n) is 1.71. The summed E-state index contributed by atoms with van der Waals surface area (Å²) in [7, 11) is 3.66. The van der Waals surface area contributed by atoms with E-state index in [1.807, 2.05) is 0 Å². The van der Waals surface area contributed by atoms with Crippen molar-refractivity contribution in [1.82, 2.24) is 0 Å². The van der Waals surface area contributed by atoms with Gasteiger partial charge >= 0.3 is 17.9 Å². The predicted octanol–water partition coefficient (Wildman–Crippen LogP) is 0.544. The maximum absolute atomic E-state index is 11.1. The first kappa shape index (κ1) is 15.6. The normalized spacial score (nSPS) is 11.6. The van der Waals surface area contributed by atoms with Crippen LogP contribution < -0.4 is 0 Å². The standard InChI is InChI=1S/C12H14O6/c1-16-10(13)6-4-9(8-12(15)18-3)5-7-11(14)17-2/h4-8H,1-3H3/b6-4-,7-5+,9-8+. The molecular weight excluding hydrogens is 240 g/mol. The molecule has 0 atom stereocenters. The topological polar surface area (TPSA) is 78.9 Å². The SMILES string of the molecule is COC(=O)\C=C/C(=C\C(=O)OC)/C=C/C(=O)OC. The summed E-state index contributed by atoms with van der Waals surface area (Å²) >= 11 is 0. The Morgan fingerprint density at radius 2 is 1.06 bits per heavy atom. The van der Waals surface area contributed by atoms with Crippen LogP contribution in [0.5, 0.6) is 0 Å². The highest BCUT2D eigenvalue weighted by molar-refractivity contribution is 5.87. The molecule has 0 fully saturated rings. The van der Waals surface area contributed by atoms with E-state index in [1.54, 1.807) is 0 Å². The van der Waals surface area contributed by atoms with E-state index in [4.69, 9.17) is 0 Å². The molecule has 98 valence electrons. The molecule has 0 aliphatic rings. The largest absolute Gasteiger partial charge is 0.466 e. The lowest BCUT2D eigenvalue weighted by atomic mass is 10.2. The zero-order valence-corrected chi connectivity index (χ0v) is 10.3. The van der Waals surface area contributed by atoms with Gasteiger partial charge in [-0.2, -0.15) is 0 Å². The fraction of sp³-hybridized carbons (Fsp3) is 0.250. The molecule has 0 aromatic rings. The van der Waals surface area contributed by atoms with E-state index >= 15 is 0 Å². The van der Waals surface area contributed by atoms with Crippen molar-refractivity contribution in [3.8, 4) is 0 Å². The molecule has 0 saturated heterocycles. The third kappa shape index (κ3) is 7.00. The molecule has 0 amide bonds. The van der Waals surface area contributed by atoms with E-state index in [2.05, 4.69) is 14.2 Å². The van der Waals surface area contributed by atoms with Gasteiger partial charge in [-0.3, -0.25) is 0 Å². The van der Waals surface area contributed by atoms with E-state index in [0.717, 1.165) is 18.2 Å². The third-order valence-corrected chi connectivity index (χ3v) is 1.71. The average Bonchev–Trinajstić information content (AvgIpc) is 2.40. The summed E-state index contributed by atoms with van der Waals surface area (Å²) in [5.41, 5.74) is 0.289. The summed E-state index contributed by atoms with van der Waals surface area (Å²) in [6.45, 7) is 0. The van der Waals surface area contributed by atoms with Crippen molar-refractivity contribution in [2.24, 2.45) is 0 Å². The fourth-order valence-electron chi connectivity index (χ4n) is 0.811. The minimum Gasteiger partial charge on any atom is -0.466 e. The molecule has 0 radical (unpaired) electrons. The second kappa shape index (κ2) is 8.74. The Bertz CT molecular complexity index is 375. The number of esters is 3. The summed E-state index contributed by atoms with van der Waals surface area (Å²) in [5, 5.41) is 0. The second-order valence-corrected chi connectivity index (χ2v) is 2.88. The Kier molecular flexibility index (Phi) is 7.59. The number of allylic oxidation sites excluding steroid dienone is 3. The van der Waals surface area contributed by atoms with Crippen molar-refractivity contribution in [2.45, 2.75) is 0 Å². The van der Waals surface area contributed by atoms with Crippen LogP contribution in [0.15, 0.2) is 36.0 Å². The van der Waals surface area contributed by atoms with Crippen LogP contribution in [0, 0.1) is 0 Å². The Balaban J connectivity index is 4.95. The highest BCUT2D eigenvalue weighted by Gasteiger charge is 1.99. The van der Waals surface area contributed by atoms with Gasteiger partial charge in [0.2, 0.25) is 0 Å². The summed E-state index contributed by atoms with van der Waals surface area (Å²) in [6.07, 6.45) is 5.94. The van der Waals surface area contributed by atoms with Crippen molar-refractivity contribution in [3.05, 3.63) is 36.0 Å². The van der Waals surface area contributed by atoms with Crippen LogP contribution in [0.4, 0.5) is 0 Å². The molecule has 6 nitrogen and oxygen atoms in total. The zero-order chi connectivity index (χ0) is 14.0. The molecule has 0 bridgehead atoms. The quantitative estimate of drug-likeness (QED) is 0.308. The number of carbonyl (C=O) groups is 3. The van der Waals surface area contributed by atoms with Crippen LogP contribution in [0.3, 0.4) is 0 Å². The van der Waals surface area contributed by atoms with Crippen LogP contribution in [0.25, 0.3) is 0 Å².